The summed E-state index contributed by atoms with van der Waals surface area (Å²) in [4.78, 5) is 0. The van der Waals surface area contributed by atoms with Crippen LogP contribution in [0.25, 0.3) is 6.08 Å². The van der Waals surface area contributed by atoms with Gasteiger partial charge in [-0.1, -0.05) is 34.7 Å². The third-order valence-corrected chi connectivity index (χ3v) is 1.93. The summed E-state index contributed by atoms with van der Waals surface area (Å²) in [7, 11) is -1.43. The van der Waals surface area contributed by atoms with E-state index in [0.717, 1.165) is 10.0 Å². The quantitative estimate of drug-likeness (QED) is 0.732. The van der Waals surface area contributed by atoms with Crippen molar-refractivity contribution in [1.29, 1.82) is 0 Å². The minimum Gasteiger partial charge on any atom is -0.423 e. The Hall–Kier alpha value is -0.575. The fraction of sp³-hybridized carbons (Fsp3) is 0. The zero-order chi connectivity index (χ0) is 9.14. The van der Waals surface area contributed by atoms with Crippen LogP contribution in [0.2, 0.25) is 0 Å². The average molecular weight is 227 g/mol. The van der Waals surface area contributed by atoms with E-state index in [1.54, 1.807) is 18.2 Å². The van der Waals surface area contributed by atoms with Gasteiger partial charge in [0.15, 0.2) is 0 Å². The Labute approximate surface area is 79.8 Å². The molecule has 0 saturated carbocycles. The standard InChI is InChI=1S/C8H8BBrO2/c1-2-6-3-7(9(11)12)5-8(10)4-6/h2-5,11-12H,1H2. The van der Waals surface area contributed by atoms with Crippen LogP contribution in [0, 0.1) is 0 Å². The molecule has 0 atom stereocenters. The molecule has 0 amide bonds. The van der Waals surface area contributed by atoms with Gasteiger partial charge in [-0.3, -0.25) is 0 Å². The van der Waals surface area contributed by atoms with Crippen molar-refractivity contribution >= 4 is 34.6 Å². The van der Waals surface area contributed by atoms with Gasteiger partial charge in [0.1, 0.15) is 0 Å². The van der Waals surface area contributed by atoms with Crippen LogP contribution in [0.4, 0.5) is 0 Å². The maximum atomic E-state index is 8.87. The van der Waals surface area contributed by atoms with E-state index in [2.05, 4.69) is 22.5 Å². The number of rotatable bonds is 2. The second-order valence-corrected chi connectivity index (χ2v) is 3.31. The van der Waals surface area contributed by atoms with Gasteiger partial charge in [0.2, 0.25) is 0 Å². The molecule has 2 nitrogen and oxygen atoms in total. The third-order valence-electron chi connectivity index (χ3n) is 1.48. The van der Waals surface area contributed by atoms with Gasteiger partial charge in [0, 0.05) is 4.47 Å². The van der Waals surface area contributed by atoms with Crippen LogP contribution in [0.15, 0.2) is 29.3 Å². The van der Waals surface area contributed by atoms with Crippen LogP contribution in [-0.4, -0.2) is 17.2 Å². The molecule has 0 unspecified atom stereocenters. The molecule has 0 saturated heterocycles. The van der Waals surface area contributed by atoms with E-state index >= 15 is 0 Å². The van der Waals surface area contributed by atoms with Crippen LogP contribution in [0.1, 0.15) is 5.56 Å². The van der Waals surface area contributed by atoms with E-state index in [1.165, 1.54) is 0 Å². The molecular weight excluding hydrogens is 219 g/mol. The van der Waals surface area contributed by atoms with Crippen molar-refractivity contribution < 1.29 is 10.0 Å². The Balaban J connectivity index is 3.14. The Kier molecular flexibility index (Phi) is 3.09. The molecule has 0 heterocycles. The summed E-state index contributed by atoms with van der Waals surface area (Å²) in [5, 5.41) is 17.7. The molecule has 0 aliphatic carbocycles. The van der Waals surface area contributed by atoms with E-state index < -0.39 is 7.12 Å². The maximum Gasteiger partial charge on any atom is 0.488 e. The van der Waals surface area contributed by atoms with Crippen LogP contribution in [0.5, 0.6) is 0 Å². The lowest BCUT2D eigenvalue weighted by atomic mass is 9.80. The SMILES string of the molecule is C=Cc1cc(Br)cc(B(O)O)c1. The van der Waals surface area contributed by atoms with Crippen LogP contribution < -0.4 is 5.46 Å². The lowest BCUT2D eigenvalue weighted by molar-refractivity contribution is 0.426. The molecule has 2 N–H and O–H groups in total. The number of halogens is 1. The Morgan fingerprint density at radius 3 is 2.50 bits per heavy atom. The molecule has 0 aliphatic heterocycles. The van der Waals surface area contributed by atoms with Gasteiger partial charge >= 0.3 is 7.12 Å². The monoisotopic (exact) mass is 226 g/mol. The van der Waals surface area contributed by atoms with E-state index in [4.69, 9.17) is 10.0 Å². The predicted octanol–water partition coefficient (Wildman–Crippen LogP) is 0.772. The van der Waals surface area contributed by atoms with Gasteiger partial charge in [-0.15, -0.1) is 0 Å². The zero-order valence-electron chi connectivity index (χ0n) is 6.37. The molecule has 12 heavy (non-hydrogen) atoms. The van der Waals surface area contributed by atoms with Gasteiger partial charge in [-0.25, -0.2) is 0 Å². The van der Waals surface area contributed by atoms with Crippen LogP contribution in [-0.2, 0) is 0 Å². The second kappa shape index (κ2) is 3.89. The van der Waals surface area contributed by atoms with Gasteiger partial charge in [0.05, 0.1) is 0 Å². The van der Waals surface area contributed by atoms with Crippen molar-refractivity contribution in [2.75, 3.05) is 0 Å². The molecule has 62 valence electrons. The molecule has 1 aromatic carbocycles. The fourth-order valence-electron chi connectivity index (χ4n) is 0.903. The van der Waals surface area contributed by atoms with Crippen molar-refractivity contribution in [3.8, 4) is 0 Å². The number of benzene rings is 1. The fourth-order valence-corrected chi connectivity index (χ4v) is 1.43. The minimum atomic E-state index is -1.43. The summed E-state index contributed by atoms with van der Waals surface area (Å²) < 4.78 is 0.808. The van der Waals surface area contributed by atoms with Crippen LogP contribution >= 0.6 is 15.9 Å². The molecule has 0 aromatic heterocycles. The first kappa shape index (κ1) is 9.51. The summed E-state index contributed by atoms with van der Waals surface area (Å²) in [6.45, 7) is 3.59. The van der Waals surface area contributed by atoms with E-state index in [-0.39, 0.29) is 0 Å². The highest BCUT2D eigenvalue weighted by molar-refractivity contribution is 9.10. The molecule has 0 bridgehead atoms. The highest BCUT2D eigenvalue weighted by atomic mass is 79.9. The number of hydrogen-bond acceptors (Lipinski definition) is 2. The van der Waals surface area contributed by atoms with Gasteiger partial charge < -0.3 is 10.0 Å². The molecule has 4 heteroatoms. The predicted molar refractivity (Wildman–Crippen MR) is 54.1 cm³/mol. The normalized spacial score (nSPS) is 9.58. The topological polar surface area (TPSA) is 40.5 Å². The molecule has 0 radical (unpaired) electrons. The molecule has 1 aromatic rings. The van der Waals surface area contributed by atoms with Gasteiger partial charge in [-0.2, -0.15) is 0 Å². The molecule has 1 rings (SSSR count). The van der Waals surface area contributed by atoms with Crippen LogP contribution in [0.3, 0.4) is 0 Å². The first-order valence-electron chi connectivity index (χ1n) is 3.42. The minimum absolute atomic E-state index is 0.458. The first-order chi connectivity index (χ1) is 5.63. The second-order valence-electron chi connectivity index (χ2n) is 2.40. The summed E-state index contributed by atoms with van der Waals surface area (Å²) in [5.74, 6) is 0. The largest absolute Gasteiger partial charge is 0.488 e. The lowest BCUT2D eigenvalue weighted by Crippen LogP contribution is -2.29. The molecule has 0 aliphatic rings. The van der Waals surface area contributed by atoms with Gasteiger partial charge in [0.25, 0.3) is 0 Å². The summed E-state index contributed by atoms with van der Waals surface area (Å²) in [6, 6.07) is 5.17. The van der Waals surface area contributed by atoms with E-state index in [1.807, 2.05) is 6.07 Å². The number of hydrogen-bond donors (Lipinski definition) is 2. The molecule has 0 fully saturated rings. The first-order valence-corrected chi connectivity index (χ1v) is 4.22. The zero-order valence-corrected chi connectivity index (χ0v) is 7.95. The van der Waals surface area contributed by atoms with E-state index in [9.17, 15) is 0 Å². The smallest absolute Gasteiger partial charge is 0.423 e. The lowest BCUT2D eigenvalue weighted by Gasteiger charge is -2.01. The van der Waals surface area contributed by atoms with Crippen molar-refractivity contribution in [3.05, 3.63) is 34.8 Å². The third kappa shape index (κ3) is 2.20. The average Bonchev–Trinajstić information content (AvgIpc) is 2.03. The molecular formula is C8H8BBrO2. The van der Waals surface area contributed by atoms with Crippen molar-refractivity contribution in [2.45, 2.75) is 0 Å². The van der Waals surface area contributed by atoms with Crippen molar-refractivity contribution in [3.63, 3.8) is 0 Å². The van der Waals surface area contributed by atoms with Crippen molar-refractivity contribution in [2.24, 2.45) is 0 Å². The van der Waals surface area contributed by atoms with Gasteiger partial charge in [-0.05, 0) is 23.2 Å². The Bertz CT molecular complexity index is 299. The van der Waals surface area contributed by atoms with E-state index in [0.29, 0.717) is 5.46 Å². The highest BCUT2D eigenvalue weighted by Gasteiger charge is 2.11. The highest BCUT2D eigenvalue weighted by Crippen LogP contribution is 2.11. The summed E-state index contributed by atoms with van der Waals surface area (Å²) >= 11 is 3.25. The summed E-state index contributed by atoms with van der Waals surface area (Å²) in [6.07, 6.45) is 1.65. The Morgan fingerprint density at radius 1 is 1.33 bits per heavy atom. The molecule has 0 spiro atoms. The summed E-state index contributed by atoms with van der Waals surface area (Å²) in [5.41, 5.74) is 1.31. The van der Waals surface area contributed by atoms with Crippen molar-refractivity contribution in [1.82, 2.24) is 0 Å². The maximum absolute atomic E-state index is 8.87. The Morgan fingerprint density at radius 2 is 2.00 bits per heavy atom.